The van der Waals surface area contributed by atoms with E-state index in [0.717, 1.165) is 31.5 Å². The number of hydrogen-bond donors (Lipinski definition) is 1. The minimum Gasteiger partial charge on any atom is -0.496 e. The number of halogens is 2. The van der Waals surface area contributed by atoms with Crippen LogP contribution in [0.4, 0.5) is 5.69 Å². The second kappa shape index (κ2) is 5.66. The van der Waals surface area contributed by atoms with Crippen LogP contribution in [0, 0.1) is 0 Å². The van der Waals surface area contributed by atoms with Gasteiger partial charge in [0.2, 0.25) is 0 Å². The molecule has 106 valence electrons. The largest absolute Gasteiger partial charge is 0.496 e. The van der Waals surface area contributed by atoms with Crippen LogP contribution in [0.2, 0.25) is 0 Å². The van der Waals surface area contributed by atoms with Gasteiger partial charge in [0, 0.05) is 31.3 Å². The van der Waals surface area contributed by atoms with Crippen LogP contribution in [-0.2, 0) is 4.79 Å². The van der Waals surface area contributed by atoms with Crippen LogP contribution >= 0.6 is 31.9 Å². The topological polar surface area (TPSA) is 38.3 Å². The van der Waals surface area contributed by atoms with Gasteiger partial charge in [-0.1, -0.05) is 31.9 Å². The number of carbonyl (C=O) groups excluding carboxylic acids is 1. The van der Waals surface area contributed by atoms with Gasteiger partial charge in [0.15, 0.2) is 0 Å². The van der Waals surface area contributed by atoms with E-state index in [1.807, 2.05) is 42.5 Å². The second-order valence-electron chi connectivity index (χ2n) is 4.59. The standard InChI is InChI=1S/C16H11Br2NO2/c1-21-15-5-3-10(17)6-9(15)7-13-12-8-11(18)2-4-14(12)19-16(13)20/h2-8H,1H3,(H,19,20)/b13-7-. The van der Waals surface area contributed by atoms with Crippen molar-refractivity contribution in [3.8, 4) is 5.75 Å². The van der Waals surface area contributed by atoms with E-state index in [0.29, 0.717) is 5.57 Å². The van der Waals surface area contributed by atoms with Gasteiger partial charge in [-0.05, 0) is 42.5 Å². The van der Waals surface area contributed by atoms with Crippen molar-refractivity contribution in [3.63, 3.8) is 0 Å². The fourth-order valence-corrected chi connectivity index (χ4v) is 3.02. The van der Waals surface area contributed by atoms with Gasteiger partial charge in [-0.3, -0.25) is 4.79 Å². The van der Waals surface area contributed by atoms with Crippen molar-refractivity contribution in [1.29, 1.82) is 0 Å². The SMILES string of the molecule is COc1ccc(Br)cc1/C=C1\C(=O)Nc2ccc(Br)cc21. The summed E-state index contributed by atoms with van der Waals surface area (Å²) in [6, 6.07) is 11.4. The lowest BCUT2D eigenvalue weighted by Gasteiger charge is -2.06. The number of fused-ring (bicyclic) bond motifs is 1. The number of ether oxygens (including phenoxy) is 1. The molecule has 2 aromatic rings. The Kier molecular flexibility index (Phi) is 3.87. The third-order valence-electron chi connectivity index (χ3n) is 3.26. The van der Waals surface area contributed by atoms with Crippen LogP contribution in [0.1, 0.15) is 11.1 Å². The van der Waals surface area contributed by atoms with Crippen molar-refractivity contribution in [1.82, 2.24) is 0 Å². The number of benzene rings is 2. The molecule has 0 fully saturated rings. The van der Waals surface area contributed by atoms with Crippen molar-refractivity contribution in [2.45, 2.75) is 0 Å². The normalized spacial score (nSPS) is 15.0. The summed E-state index contributed by atoms with van der Waals surface area (Å²) < 4.78 is 7.22. The molecule has 5 heteroatoms. The summed E-state index contributed by atoms with van der Waals surface area (Å²) in [4.78, 5) is 12.2. The van der Waals surface area contributed by atoms with E-state index in [1.165, 1.54) is 0 Å². The molecule has 1 aliphatic heterocycles. The maximum atomic E-state index is 12.2. The number of nitrogens with one attached hydrogen (secondary N) is 1. The number of anilines is 1. The zero-order valence-corrected chi connectivity index (χ0v) is 14.3. The predicted molar refractivity (Wildman–Crippen MR) is 91.3 cm³/mol. The minimum absolute atomic E-state index is 0.106. The average molecular weight is 409 g/mol. The molecule has 0 saturated carbocycles. The van der Waals surface area contributed by atoms with Crippen LogP contribution in [0.5, 0.6) is 5.75 Å². The molecule has 1 heterocycles. The molecule has 1 aliphatic rings. The highest BCUT2D eigenvalue weighted by atomic mass is 79.9. The average Bonchev–Trinajstić information content (AvgIpc) is 2.75. The summed E-state index contributed by atoms with van der Waals surface area (Å²) in [5.41, 5.74) is 3.19. The summed E-state index contributed by atoms with van der Waals surface area (Å²) in [5, 5.41) is 2.87. The molecule has 0 spiro atoms. The van der Waals surface area contributed by atoms with Crippen LogP contribution < -0.4 is 10.1 Å². The van der Waals surface area contributed by atoms with Gasteiger partial charge >= 0.3 is 0 Å². The Bertz CT molecular complexity index is 769. The predicted octanol–water partition coefficient (Wildman–Crippen LogP) is 4.71. The monoisotopic (exact) mass is 407 g/mol. The molecule has 1 N–H and O–H groups in total. The number of methoxy groups -OCH3 is 1. The quantitative estimate of drug-likeness (QED) is 0.730. The minimum atomic E-state index is -0.106. The molecule has 0 bridgehead atoms. The van der Waals surface area contributed by atoms with Crippen molar-refractivity contribution in [2.24, 2.45) is 0 Å². The van der Waals surface area contributed by atoms with Gasteiger partial charge in [-0.15, -0.1) is 0 Å². The Balaban J connectivity index is 2.15. The smallest absolute Gasteiger partial charge is 0.256 e. The molecule has 2 aromatic carbocycles. The number of carbonyl (C=O) groups is 1. The molecule has 0 atom stereocenters. The molecule has 0 unspecified atom stereocenters. The zero-order valence-electron chi connectivity index (χ0n) is 11.1. The van der Waals surface area contributed by atoms with Crippen molar-refractivity contribution >= 4 is 55.1 Å². The summed E-state index contributed by atoms with van der Waals surface area (Å²) in [6.45, 7) is 0. The molecule has 0 aromatic heterocycles. The Morgan fingerprint density at radius 1 is 1.10 bits per heavy atom. The number of amides is 1. The fraction of sp³-hybridized carbons (Fsp3) is 0.0625. The zero-order chi connectivity index (χ0) is 15.0. The maximum absolute atomic E-state index is 12.2. The molecular formula is C16H11Br2NO2. The second-order valence-corrected chi connectivity index (χ2v) is 6.42. The van der Waals surface area contributed by atoms with E-state index < -0.39 is 0 Å². The maximum Gasteiger partial charge on any atom is 0.256 e. The molecule has 0 radical (unpaired) electrons. The van der Waals surface area contributed by atoms with Crippen LogP contribution in [0.3, 0.4) is 0 Å². The molecule has 3 nitrogen and oxygen atoms in total. The van der Waals surface area contributed by atoms with E-state index in [9.17, 15) is 4.79 Å². The van der Waals surface area contributed by atoms with Gasteiger partial charge in [0.25, 0.3) is 5.91 Å². The molecule has 21 heavy (non-hydrogen) atoms. The van der Waals surface area contributed by atoms with Crippen molar-refractivity contribution in [2.75, 3.05) is 12.4 Å². The summed E-state index contributed by atoms with van der Waals surface area (Å²) in [5.74, 6) is 0.618. The molecule has 3 rings (SSSR count). The highest BCUT2D eigenvalue weighted by molar-refractivity contribution is 9.10. The van der Waals surface area contributed by atoms with Gasteiger partial charge < -0.3 is 10.1 Å². The third kappa shape index (κ3) is 2.76. The first-order valence-corrected chi connectivity index (χ1v) is 7.83. The highest BCUT2D eigenvalue weighted by Crippen LogP contribution is 2.36. The first-order valence-electron chi connectivity index (χ1n) is 6.25. The Hall–Kier alpha value is -1.59. The van der Waals surface area contributed by atoms with Crippen molar-refractivity contribution in [3.05, 3.63) is 56.5 Å². The molecule has 0 saturated heterocycles. The van der Waals surface area contributed by atoms with Crippen LogP contribution in [0.15, 0.2) is 45.3 Å². The lowest BCUT2D eigenvalue weighted by atomic mass is 10.0. The summed E-state index contributed by atoms with van der Waals surface area (Å²) in [6.07, 6.45) is 1.84. The van der Waals surface area contributed by atoms with E-state index in [4.69, 9.17) is 4.74 Å². The lowest BCUT2D eigenvalue weighted by Crippen LogP contribution is -2.03. The highest BCUT2D eigenvalue weighted by Gasteiger charge is 2.24. The molecule has 0 aliphatic carbocycles. The number of hydrogen-bond acceptors (Lipinski definition) is 2. The van der Waals surface area contributed by atoms with E-state index in [-0.39, 0.29) is 5.91 Å². The van der Waals surface area contributed by atoms with Crippen LogP contribution in [-0.4, -0.2) is 13.0 Å². The molecule has 1 amide bonds. The van der Waals surface area contributed by atoms with E-state index in [2.05, 4.69) is 37.2 Å². The Morgan fingerprint density at radius 3 is 2.57 bits per heavy atom. The van der Waals surface area contributed by atoms with Crippen molar-refractivity contribution < 1.29 is 9.53 Å². The summed E-state index contributed by atoms with van der Waals surface area (Å²) in [7, 11) is 1.62. The summed E-state index contributed by atoms with van der Waals surface area (Å²) >= 11 is 6.88. The Morgan fingerprint density at radius 2 is 1.81 bits per heavy atom. The van der Waals surface area contributed by atoms with Gasteiger partial charge in [-0.25, -0.2) is 0 Å². The molecular weight excluding hydrogens is 398 g/mol. The van der Waals surface area contributed by atoms with E-state index >= 15 is 0 Å². The number of rotatable bonds is 2. The first kappa shape index (κ1) is 14.4. The Labute approximate surface area is 139 Å². The lowest BCUT2D eigenvalue weighted by molar-refractivity contribution is -0.110. The third-order valence-corrected chi connectivity index (χ3v) is 4.24. The fourth-order valence-electron chi connectivity index (χ4n) is 2.28. The van der Waals surface area contributed by atoms with Crippen LogP contribution in [0.25, 0.3) is 11.6 Å². The van der Waals surface area contributed by atoms with Gasteiger partial charge in [0.05, 0.1) is 7.11 Å². The van der Waals surface area contributed by atoms with E-state index in [1.54, 1.807) is 7.11 Å². The first-order chi connectivity index (χ1) is 10.1. The van der Waals surface area contributed by atoms with Gasteiger partial charge in [-0.2, -0.15) is 0 Å². The van der Waals surface area contributed by atoms with Gasteiger partial charge in [0.1, 0.15) is 5.75 Å².